The maximum atomic E-state index is 11.5. The molecule has 0 heterocycles. The Bertz CT molecular complexity index is 306. The fraction of sp³-hybridized carbons (Fsp3) is 0.846. The van der Waals surface area contributed by atoms with Gasteiger partial charge in [0, 0.05) is 24.9 Å². The summed E-state index contributed by atoms with van der Waals surface area (Å²) in [5, 5.41) is 15.0. The molecule has 5 heteroatoms. The average Bonchev–Trinajstić information content (AvgIpc) is 3.08. The maximum absolute atomic E-state index is 11.5. The number of carbonyl (C=O) groups excluding carboxylic acids is 2. The van der Waals surface area contributed by atoms with E-state index >= 15 is 0 Å². The molecule has 0 aromatic rings. The summed E-state index contributed by atoms with van der Waals surface area (Å²) in [6, 6.07) is 0. The summed E-state index contributed by atoms with van der Waals surface area (Å²) in [5.74, 6) is 0.170. The van der Waals surface area contributed by atoms with Crippen molar-refractivity contribution in [2.45, 2.75) is 46.1 Å². The van der Waals surface area contributed by atoms with Gasteiger partial charge in [0.2, 0.25) is 11.8 Å². The molecule has 1 saturated carbocycles. The van der Waals surface area contributed by atoms with Crippen molar-refractivity contribution in [2.24, 2.45) is 11.3 Å². The van der Waals surface area contributed by atoms with Crippen molar-refractivity contribution in [1.29, 1.82) is 0 Å². The highest BCUT2D eigenvalue weighted by Gasteiger charge is 2.29. The normalized spacial score (nSPS) is 17.1. The summed E-state index contributed by atoms with van der Waals surface area (Å²) in [4.78, 5) is 23.0. The lowest BCUT2D eigenvalue weighted by Crippen LogP contribution is -2.38. The second-order valence-electron chi connectivity index (χ2n) is 5.96. The number of hydrogen-bond acceptors (Lipinski definition) is 3. The molecule has 1 aliphatic rings. The van der Waals surface area contributed by atoms with Gasteiger partial charge in [0.05, 0.1) is 6.10 Å². The Balaban J connectivity index is 2.08. The van der Waals surface area contributed by atoms with Crippen molar-refractivity contribution < 1.29 is 14.7 Å². The minimum atomic E-state index is -0.432. The van der Waals surface area contributed by atoms with E-state index in [0.29, 0.717) is 19.0 Å². The summed E-state index contributed by atoms with van der Waals surface area (Å²) in [7, 11) is 0. The van der Waals surface area contributed by atoms with Crippen LogP contribution in [0.5, 0.6) is 0 Å². The van der Waals surface area contributed by atoms with Gasteiger partial charge in [0.15, 0.2) is 0 Å². The number of aliphatic hydroxyl groups excluding tert-OH is 1. The zero-order valence-electron chi connectivity index (χ0n) is 11.5. The number of aliphatic hydroxyl groups is 1. The molecule has 3 N–H and O–H groups in total. The molecule has 0 aromatic heterocycles. The molecule has 104 valence electrons. The van der Waals surface area contributed by atoms with Crippen LogP contribution in [-0.2, 0) is 9.59 Å². The van der Waals surface area contributed by atoms with Crippen molar-refractivity contribution in [1.82, 2.24) is 10.6 Å². The van der Waals surface area contributed by atoms with Crippen LogP contribution < -0.4 is 10.6 Å². The quantitative estimate of drug-likeness (QED) is 0.644. The predicted octanol–water partition coefficient (Wildman–Crippen LogP) is 0.426. The first-order valence-corrected chi connectivity index (χ1v) is 6.54. The van der Waals surface area contributed by atoms with Crippen LogP contribution in [0.1, 0.15) is 40.0 Å². The number of rotatable bonds is 6. The van der Waals surface area contributed by atoms with Gasteiger partial charge in [0.25, 0.3) is 0 Å². The van der Waals surface area contributed by atoms with E-state index in [0.717, 1.165) is 12.8 Å². The molecule has 1 rings (SSSR count). The van der Waals surface area contributed by atoms with Crippen molar-refractivity contribution >= 4 is 11.8 Å². The Labute approximate surface area is 108 Å². The molecular weight excluding hydrogens is 232 g/mol. The fourth-order valence-corrected chi connectivity index (χ4v) is 1.51. The zero-order valence-corrected chi connectivity index (χ0v) is 11.5. The maximum Gasteiger partial charge on any atom is 0.225 e. The lowest BCUT2D eigenvalue weighted by atomic mass is 9.96. The number of amides is 2. The first-order valence-electron chi connectivity index (χ1n) is 6.54. The molecule has 0 radical (unpaired) electrons. The van der Waals surface area contributed by atoms with Crippen LogP contribution in [0.4, 0.5) is 0 Å². The molecule has 0 bridgehead atoms. The number of nitrogens with one attached hydrogen (secondary N) is 2. The molecule has 1 aliphatic carbocycles. The van der Waals surface area contributed by atoms with E-state index in [2.05, 4.69) is 10.6 Å². The van der Waals surface area contributed by atoms with Gasteiger partial charge in [0.1, 0.15) is 0 Å². The minimum absolute atomic E-state index is 0.0617. The van der Waals surface area contributed by atoms with Gasteiger partial charge >= 0.3 is 0 Å². The topological polar surface area (TPSA) is 78.4 Å². The Morgan fingerprint density at radius 3 is 2.39 bits per heavy atom. The van der Waals surface area contributed by atoms with Crippen molar-refractivity contribution in [3.63, 3.8) is 0 Å². The highest BCUT2D eigenvalue weighted by atomic mass is 16.3. The summed E-state index contributed by atoms with van der Waals surface area (Å²) >= 11 is 0. The van der Waals surface area contributed by atoms with Crippen molar-refractivity contribution in [2.75, 3.05) is 13.1 Å². The molecule has 0 saturated heterocycles. The van der Waals surface area contributed by atoms with Gasteiger partial charge in [-0.15, -0.1) is 0 Å². The standard InChI is InChI=1S/C13H24N2O3/c1-13(2,3)12(18)14-7-6-11(17)15-8-10(16)9-4-5-9/h9-10,16H,4-8H2,1-3H3,(H,14,18)(H,15,17). The molecule has 1 unspecified atom stereocenters. The molecule has 0 spiro atoms. The molecule has 2 amide bonds. The summed E-state index contributed by atoms with van der Waals surface area (Å²) < 4.78 is 0. The third-order valence-electron chi connectivity index (χ3n) is 2.99. The first-order chi connectivity index (χ1) is 8.30. The monoisotopic (exact) mass is 256 g/mol. The molecule has 0 aromatic carbocycles. The van der Waals surface area contributed by atoms with E-state index < -0.39 is 11.5 Å². The Hall–Kier alpha value is -1.10. The molecule has 0 aliphatic heterocycles. The van der Waals surface area contributed by atoms with Gasteiger partial charge in [-0.1, -0.05) is 20.8 Å². The van der Waals surface area contributed by atoms with Gasteiger partial charge in [-0.05, 0) is 18.8 Å². The van der Waals surface area contributed by atoms with E-state index in [9.17, 15) is 14.7 Å². The summed E-state index contributed by atoms with van der Waals surface area (Å²) in [5.41, 5.74) is -0.432. The van der Waals surface area contributed by atoms with Gasteiger partial charge < -0.3 is 15.7 Å². The van der Waals surface area contributed by atoms with Crippen LogP contribution in [0.3, 0.4) is 0 Å². The van der Waals surface area contributed by atoms with Crippen LogP contribution in [-0.4, -0.2) is 36.1 Å². The number of hydrogen-bond donors (Lipinski definition) is 3. The highest BCUT2D eigenvalue weighted by molar-refractivity contribution is 5.82. The Morgan fingerprint density at radius 2 is 1.89 bits per heavy atom. The van der Waals surface area contributed by atoms with E-state index in [1.54, 1.807) is 0 Å². The second kappa shape index (κ2) is 6.18. The van der Waals surface area contributed by atoms with Crippen LogP contribution in [0.2, 0.25) is 0 Å². The highest BCUT2D eigenvalue weighted by Crippen LogP contribution is 2.32. The third-order valence-corrected chi connectivity index (χ3v) is 2.99. The summed E-state index contributed by atoms with van der Waals surface area (Å²) in [6.45, 7) is 6.13. The van der Waals surface area contributed by atoms with Crippen molar-refractivity contribution in [3.8, 4) is 0 Å². The zero-order chi connectivity index (χ0) is 13.8. The molecule has 5 nitrogen and oxygen atoms in total. The van der Waals surface area contributed by atoms with E-state index in [1.165, 1.54) is 0 Å². The molecular formula is C13H24N2O3. The molecule has 18 heavy (non-hydrogen) atoms. The lowest BCUT2D eigenvalue weighted by Gasteiger charge is -2.17. The summed E-state index contributed by atoms with van der Waals surface area (Å²) in [6.07, 6.45) is 1.94. The van der Waals surface area contributed by atoms with Crippen molar-refractivity contribution in [3.05, 3.63) is 0 Å². The second-order valence-corrected chi connectivity index (χ2v) is 5.96. The molecule has 1 atom stereocenters. The lowest BCUT2D eigenvalue weighted by molar-refractivity contribution is -0.128. The average molecular weight is 256 g/mol. The van der Waals surface area contributed by atoms with E-state index in [1.807, 2.05) is 20.8 Å². The minimum Gasteiger partial charge on any atom is -0.391 e. The van der Waals surface area contributed by atoms with Gasteiger partial charge in [-0.3, -0.25) is 9.59 Å². The first kappa shape index (κ1) is 15.0. The SMILES string of the molecule is CC(C)(C)C(=O)NCCC(=O)NCC(O)C1CC1. The van der Waals surface area contributed by atoms with Crippen LogP contribution in [0.15, 0.2) is 0 Å². The van der Waals surface area contributed by atoms with Gasteiger partial charge in [-0.25, -0.2) is 0 Å². The van der Waals surface area contributed by atoms with Crippen LogP contribution in [0.25, 0.3) is 0 Å². The fourth-order valence-electron chi connectivity index (χ4n) is 1.51. The Morgan fingerprint density at radius 1 is 1.28 bits per heavy atom. The van der Waals surface area contributed by atoms with E-state index in [-0.39, 0.29) is 18.2 Å². The van der Waals surface area contributed by atoms with Gasteiger partial charge in [-0.2, -0.15) is 0 Å². The smallest absolute Gasteiger partial charge is 0.225 e. The Kier molecular flexibility index (Phi) is 5.14. The number of carbonyl (C=O) groups is 2. The third kappa shape index (κ3) is 5.49. The van der Waals surface area contributed by atoms with Crippen LogP contribution >= 0.6 is 0 Å². The predicted molar refractivity (Wildman–Crippen MR) is 68.8 cm³/mol. The van der Waals surface area contributed by atoms with Crippen LogP contribution in [0, 0.1) is 11.3 Å². The largest absolute Gasteiger partial charge is 0.391 e. The van der Waals surface area contributed by atoms with E-state index in [4.69, 9.17) is 0 Å². The molecule has 1 fully saturated rings.